The Hall–Kier alpha value is -0.910. The highest BCUT2D eigenvalue weighted by atomic mass is 16.5. The van der Waals surface area contributed by atoms with Gasteiger partial charge in [0.25, 0.3) is 0 Å². The zero-order valence-corrected chi connectivity index (χ0v) is 13.0. The molecule has 2 saturated heterocycles. The second-order valence-corrected chi connectivity index (χ2v) is 6.37. The second kappa shape index (κ2) is 6.07. The highest BCUT2D eigenvalue weighted by molar-refractivity contribution is 5.13. The molecule has 118 valence electrons. The first-order chi connectivity index (χ1) is 10.1. The van der Waals surface area contributed by atoms with E-state index in [0.29, 0.717) is 0 Å². The molecule has 2 atom stereocenters. The number of aromatic nitrogens is 2. The van der Waals surface area contributed by atoms with Crippen molar-refractivity contribution in [2.45, 2.75) is 57.8 Å². The van der Waals surface area contributed by atoms with Crippen LogP contribution in [0.15, 0.2) is 6.07 Å². The first kappa shape index (κ1) is 15.0. The third kappa shape index (κ3) is 3.00. The van der Waals surface area contributed by atoms with Gasteiger partial charge in [-0.25, -0.2) is 0 Å². The van der Waals surface area contributed by atoms with Crippen molar-refractivity contribution in [2.75, 3.05) is 19.8 Å². The lowest BCUT2D eigenvalue weighted by atomic mass is 9.78. The lowest BCUT2D eigenvalue weighted by molar-refractivity contribution is -0.159. The maximum absolute atomic E-state index is 10.8. The highest BCUT2D eigenvalue weighted by Gasteiger charge is 2.41. The van der Waals surface area contributed by atoms with Crippen LogP contribution in [0.5, 0.6) is 0 Å². The van der Waals surface area contributed by atoms with E-state index in [1.807, 2.05) is 17.7 Å². The van der Waals surface area contributed by atoms with Crippen molar-refractivity contribution >= 4 is 0 Å². The third-order valence-corrected chi connectivity index (χ3v) is 4.92. The molecule has 0 bridgehead atoms. The Kier molecular flexibility index (Phi) is 4.33. The van der Waals surface area contributed by atoms with E-state index in [-0.39, 0.29) is 11.5 Å². The standard InChI is InChI=1S/C16H26N2O3/c1-3-18-14(10-12(2)17-18)15(19)13-4-7-21-16(11-13)5-8-20-9-6-16/h10,13,15,19H,3-9,11H2,1-2H3. The molecular weight excluding hydrogens is 268 g/mol. The maximum Gasteiger partial charge on any atom is 0.0986 e. The number of aliphatic hydroxyl groups is 1. The lowest BCUT2D eigenvalue weighted by Gasteiger charge is -2.44. The molecule has 5 nitrogen and oxygen atoms in total. The minimum atomic E-state index is -0.449. The van der Waals surface area contributed by atoms with Gasteiger partial charge in [0.1, 0.15) is 0 Å². The van der Waals surface area contributed by atoms with Crippen molar-refractivity contribution in [3.63, 3.8) is 0 Å². The monoisotopic (exact) mass is 294 g/mol. The molecular formula is C16H26N2O3. The number of aliphatic hydroxyl groups excluding tert-OH is 1. The van der Waals surface area contributed by atoms with E-state index < -0.39 is 6.10 Å². The van der Waals surface area contributed by atoms with Crippen LogP contribution < -0.4 is 0 Å². The first-order valence-corrected chi connectivity index (χ1v) is 8.08. The molecule has 5 heteroatoms. The van der Waals surface area contributed by atoms with Crippen LogP contribution in [0, 0.1) is 12.8 Å². The second-order valence-electron chi connectivity index (χ2n) is 6.37. The molecule has 1 aromatic heterocycles. The summed E-state index contributed by atoms with van der Waals surface area (Å²) in [6, 6.07) is 2.01. The minimum Gasteiger partial charge on any atom is -0.387 e. The summed E-state index contributed by atoms with van der Waals surface area (Å²) in [4.78, 5) is 0. The van der Waals surface area contributed by atoms with Gasteiger partial charge in [-0.1, -0.05) is 0 Å². The fraction of sp³-hybridized carbons (Fsp3) is 0.812. The third-order valence-electron chi connectivity index (χ3n) is 4.92. The quantitative estimate of drug-likeness (QED) is 0.928. The highest BCUT2D eigenvalue weighted by Crippen LogP contribution is 2.41. The summed E-state index contributed by atoms with van der Waals surface area (Å²) in [5.74, 6) is 0.248. The van der Waals surface area contributed by atoms with Crippen molar-refractivity contribution in [2.24, 2.45) is 5.92 Å². The smallest absolute Gasteiger partial charge is 0.0986 e. The van der Waals surface area contributed by atoms with E-state index in [1.165, 1.54) is 0 Å². The summed E-state index contributed by atoms with van der Waals surface area (Å²) in [6.07, 6.45) is 3.28. The Labute approximate surface area is 126 Å². The van der Waals surface area contributed by atoms with E-state index in [9.17, 15) is 5.11 Å². The predicted molar refractivity (Wildman–Crippen MR) is 79.1 cm³/mol. The van der Waals surface area contributed by atoms with Gasteiger partial charge in [0.2, 0.25) is 0 Å². The van der Waals surface area contributed by atoms with Crippen molar-refractivity contribution in [3.8, 4) is 0 Å². The van der Waals surface area contributed by atoms with Crippen LogP contribution in [0.1, 0.15) is 50.1 Å². The SMILES string of the molecule is CCn1nc(C)cc1C(O)C1CCOC2(CCOCC2)C1. The molecule has 21 heavy (non-hydrogen) atoms. The van der Waals surface area contributed by atoms with Crippen LogP contribution in [-0.2, 0) is 16.0 Å². The molecule has 3 rings (SSSR count). The Morgan fingerprint density at radius 3 is 2.90 bits per heavy atom. The van der Waals surface area contributed by atoms with E-state index in [1.54, 1.807) is 0 Å². The van der Waals surface area contributed by atoms with Crippen molar-refractivity contribution in [1.82, 2.24) is 9.78 Å². The van der Waals surface area contributed by atoms with Gasteiger partial charge < -0.3 is 14.6 Å². The summed E-state index contributed by atoms with van der Waals surface area (Å²) in [7, 11) is 0. The van der Waals surface area contributed by atoms with Crippen LogP contribution in [0.4, 0.5) is 0 Å². The number of nitrogens with zero attached hydrogens (tertiary/aromatic N) is 2. The average molecular weight is 294 g/mol. The Balaban J connectivity index is 1.76. The largest absolute Gasteiger partial charge is 0.387 e. The van der Waals surface area contributed by atoms with E-state index in [2.05, 4.69) is 12.0 Å². The summed E-state index contributed by atoms with van der Waals surface area (Å²) < 4.78 is 13.5. The van der Waals surface area contributed by atoms with Crippen molar-refractivity contribution < 1.29 is 14.6 Å². The molecule has 2 fully saturated rings. The van der Waals surface area contributed by atoms with Gasteiger partial charge in [-0.2, -0.15) is 5.10 Å². The van der Waals surface area contributed by atoms with Crippen LogP contribution >= 0.6 is 0 Å². The topological polar surface area (TPSA) is 56.5 Å². The van der Waals surface area contributed by atoms with Crippen molar-refractivity contribution in [3.05, 3.63) is 17.5 Å². The predicted octanol–water partition coefficient (Wildman–Crippen LogP) is 2.22. The summed E-state index contributed by atoms with van der Waals surface area (Å²) in [5.41, 5.74) is 1.84. The van der Waals surface area contributed by atoms with Gasteiger partial charge in [0.15, 0.2) is 0 Å². The van der Waals surface area contributed by atoms with Gasteiger partial charge in [-0.15, -0.1) is 0 Å². The van der Waals surface area contributed by atoms with Gasteiger partial charge in [-0.05, 0) is 51.5 Å². The number of aryl methyl sites for hydroxylation is 2. The zero-order chi connectivity index (χ0) is 14.9. The van der Waals surface area contributed by atoms with Crippen LogP contribution in [-0.4, -0.2) is 40.3 Å². The molecule has 1 N–H and O–H groups in total. The summed E-state index contributed by atoms with van der Waals surface area (Å²) in [5, 5.41) is 15.3. The maximum atomic E-state index is 10.8. The molecule has 2 unspecified atom stereocenters. The fourth-order valence-corrected chi connectivity index (χ4v) is 3.73. The van der Waals surface area contributed by atoms with Crippen LogP contribution in [0.2, 0.25) is 0 Å². The van der Waals surface area contributed by atoms with Gasteiger partial charge in [0.05, 0.1) is 23.1 Å². The van der Waals surface area contributed by atoms with E-state index in [0.717, 1.165) is 63.4 Å². The molecule has 0 saturated carbocycles. The summed E-state index contributed by atoms with van der Waals surface area (Å²) in [6.45, 7) is 7.12. The number of hydrogen-bond donors (Lipinski definition) is 1. The molecule has 0 aliphatic carbocycles. The number of hydrogen-bond acceptors (Lipinski definition) is 4. The van der Waals surface area contributed by atoms with E-state index in [4.69, 9.17) is 9.47 Å². The first-order valence-electron chi connectivity index (χ1n) is 8.08. The van der Waals surface area contributed by atoms with Crippen LogP contribution in [0.3, 0.4) is 0 Å². The van der Waals surface area contributed by atoms with Gasteiger partial charge in [-0.3, -0.25) is 4.68 Å². The van der Waals surface area contributed by atoms with Gasteiger partial charge in [0, 0.05) is 26.4 Å². The van der Waals surface area contributed by atoms with Gasteiger partial charge >= 0.3 is 0 Å². The summed E-state index contributed by atoms with van der Waals surface area (Å²) >= 11 is 0. The fourth-order valence-electron chi connectivity index (χ4n) is 3.73. The molecule has 0 aromatic carbocycles. The Morgan fingerprint density at radius 2 is 2.19 bits per heavy atom. The molecule has 2 aliphatic rings. The molecule has 1 aromatic rings. The van der Waals surface area contributed by atoms with E-state index >= 15 is 0 Å². The Bertz CT molecular complexity index is 474. The molecule has 2 aliphatic heterocycles. The number of rotatable bonds is 3. The normalized spacial score (nSPS) is 26.9. The molecule has 0 amide bonds. The minimum absolute atomic E-state index is 0.0751. The Morgan fingerprint density at radius 1 is 1.43 bits per heavy atom. The molecule has 3 heterocycles. The van der Waals surface area contributed by atoms with Crippen LogP contribution in [0.25, 0.3) is 0 Å². The molecule has 1 spiro atoms. The average Bonchev–Trinajstić information content (AvgIpc) is 2.88. The molecule has 0 radical (unpaired) electrons. The number of ether oxygens (including phenoxy) is 2. The zero-order valence-electron chi connectivity index (χ0n) is 13.0. The lowest BCUT2D eigenvalue weighted by Crippen LogP contribution is -2.45. The van der Waals surface area contributed by atoms with Crippen molar-refractivity contribution in [1.29, 1.82) is 0 Å².